The summed E-state index contributed by atoms with van der Waals surface area (Å²) >= 11 is 0. The Labute approximate surface area is 502 Å². The van der Waals surface area contributed by atoms with Gasteiger partial charge in [-0.1, -0.05) is 60.1 Å². The number of esters is 1. The van der Waals surface area contributed by atoms with Crippen LogP contribution in [0.3, 0.4) is 0 Å². The van der Waals surface area contributed by atoms with E-state index in [4.69, 9.17) is 25.4 Å². The molecule has 2 aromatic carbocycles. The Morgan fingerprint density at radius 2 is 1.62 bits per heavy atom. The van der Waals surface area contributed by atoms with E-state index >= 15 is 0 Å². The molecule has 24 nitrogen and oxygen atoms in total. The number of hydrogen-bond acceptors (Lipinski definition) is 15. The van der Waals surface area contributed by atoms with E-state index in [0.29, 0.717) is 92.3 Å². The molecule has 2 atom stereocenters. The second-order valence-electron chi connectivity index (χ2n) is 19.9. The van der Waals surface area contributed by atoms with Crippen LogP contribution in [0.4, 0.5) is 15.3 Å². The number of urea groups is 1. The fourth-order valence-corrected chi connectivity index (χ4v) is 8.83. The van der Waals surface area contributed by atoms with Crippen LogP contribution in [0.2, 0.25) is 0 Å². The molecule has 3 aliphatic heterocycles. The number of imide groups is 1. The van der Waals surface area contributed by atoms with E-state index in [2.05, 4.69) is 26.2 Å². The summed E-state index contributed by atoms with van der Waals surface area (Å²) < 4.78 is 11.5. The van der Waals surface area contributed by atoms with Crippen molar-refractivity contribution >= 4 is 64.2 Å². The normalized spacial score (nSPS) is 13.9. The average molecular weight is 1220 g/mol. The van der Waals surface area contributed by atoms with Crippen LogP contribution in [-0.4, -0.2) is 149 Å². The summed E-state index contributed by atoms with van der Waals surface area (Å²) in [5.74, 6) is -2.23. The van der Waals surface area contributed by atoms with Crippen LogP contribution in [-0.2, 0) is 97.1 Å². The zero-order valence-electron chi connectivity index (χ0n) is 48.5. The molecule has 443 valence electrons. The number of cyclic esters (lactones) is 1. The number of aliphatic hydroxyl groups is 1. The molecule has 25 heteroatoms. The van der Waals surface area contributed by atoms with Crippen molar-refractivity contribution in [3.05, 3.63) is 104 Å². The van der Waals surface area contributed by atoms with Gasteiger partial charge in [0.05, 0.1) is 43.1 Å². The van der Waals surface area contributed by atoms with Crippen LogP contribution in [0.15, 0.2) is 65.5 Å². The number of rotatable bonds is 21. The Hall–Kier alpha value is -6.96. The SMILES string of the molecule is CC.CCCNC(N)=O.CCc1c2c(nc3ccc(OO)cc13)-c1cc3c(c(=O)n1C2)COC(=O)C3O.C[N-]CCN(C)C(=O)OCc1ccc(NC(=O)C[N+](C)(C)C(=O)C(NC(=O)CCCCCN2C(=O)C=CC2=O)C(C)C)cc1.[Y]. The van der Waals surface area contributed by atoms with Crippen LogP contribution in [0.5, 0.6) is 5.75 Å². The van der Waals surface area contributed by atoms with Gasteiger partial charge in [0.1, 0.15) is 19.3 Å². The maximum atomic E-state index is 13.4. The number of benzene rings is 2. The number of nitrogens with one attached hydrogen (secondary N) is 3. The average Bonchev–Trinajstić information content (AvgIpc) is 3.67. The number of likely N-dealkylation sites (N-methyl/N-ethyl adjacent to an activating group) is 3. The van der Waals surface area contributed by atoms with E-state index in [9.17, 15) is 48.3 Å². The predicted octanol–water partition coefficient (Wildman–Crippen LogP) is 5.44. The quantitative estimate of drug-likeness (QED) is 0.0133. The summed E-state index contributed by atoms with van der Waals surface area (Å²) in [7, 11) is 6.57. The maximum absolute atomic E-state index is 13.4. The molecule has 0 bridgehead atoms. The number of carbonyl (C=O) groups is 8. The van der Waals surface area contributed by atoms with Gasteiger partial charge < -0.3 is 55.9 Å². The van der Waals surface area contributed by atoms with Crippen molar-refractivity contribution in [2.75, 3.05) is 66.2 Å². The minimum Gasteiger partial charge on any atom is -0.664 e. The number of pyridine rings is 2. The second kappa shape index (κ2) is 33.2. The molecule has 4 aromatic rings. The van der Waals surface area contributed by atoms with Crippen LogP contribution in [0.25, 0.3) is 27.6 Å². The Kier molecular flexibility index (Phi) is 28.1. The molecule has 3 aliphatic rings. The number of nitrogens with zero attached hydrogens (tertiary/aromatic N) is 6. The zero-order valence-corrected chi connectivity index (χ0v) is 51.4. The van der Waals surface area contributed by atoms with Crippen LogP contribution in [0.1, 0.15) is 108 Å². The summed E-state index contributed by atoms with van der Waals surface area (Å²) in [6, 6.07) is 12.4. The van der Waals surface area contributed by atoms with Gasteiger partial charge in [0, 0.05) is 100 Å². The molecule has 0 spiro atoms. The second-order valence-corrected chi connectivity index (χ2v) is 19.9. The monoisotopic (exact) mass is 1220 g/mol. The van der Waals surface area contributed by atoms with E-state index < -0.39 is 30.2 Å². The molecule has 5 heterocycles. The number of fused-ring (bicyclic) bond motifs is 5. The van der Waals surface area contributed by atoms with Gasteiger partial charge in [0.2, 0.25) is 5.91 Å². The maximum Gasteiger partial charge on any atom is 0.409 e. The van der Waals surface area contributed by atoms with Crippen molar-refractivity contribution in [3.8, 4) is 17.1 Å². The fraction of sp³-hybridized carbons (Fsp3) is 0.474. The van der Waals surface area contributed by atoms with Crippen molar-refractivity contribution in [1.29, 1.82) is 0 Å². The number of ether oxygens (including phenoxy) is 2. The molecule has 1 radical (unpaired) electrons. The van der Waals surface area contributed by atoms with E-state index in [1.807, 2.05) is 41.5 Å². The molecule has 2 unspecified atom stereocenters. The van der Waals surface area contributed by atoms with Gasteiger partial charge in [-0.05, 0) is 79.1 Å². The van der Waals surface area contributed by atoms with Gasteiger partial charge in [-0.3, -0.25) is 33.4 Å². The number of unbranched alkanes of at least 4 members (excludes halogenated alkanes) is 2. The standard InChI is InChI=1S/C31H46N6O7.C20H16N2O6.C4H10N2O.C2H6.Y/c1-22(2)29(34-25(38)10-8-7-9-18-36-27(40)15-16-28(36)41)30(42)37(5,6)20-26(39)33-24-13-11-23(12-14-24)21-44-31(43)35(4)19-17-32-3;1-2-10-11-5-9(28-26)3-4-15(11)21-17-13(10)7-22-16(17)6-12-14(19(22)24)8-27-20(25)18(12)23;1-2-3-6-4(5)7;1-2;/h11-16,22,29H,7-10,17-21H2,1-6H3,(H,33,39)(H,34,38);3-6,18,23,26H,2,7-8H2,1H3;2-3H2,1H3,(H3,5,6,7);1-2H3;. The smallest absolute Gasteiger partial charge is 0.409 e. The molecule has 7 N–H and O–H groups in total. The number of aromatic nitrogens is 2. The number of amides is 8. The van der Waals surface area contributed by atoms with Crippen LogP contribution >= 0.6 is 0 Å². The minimum atomic E-state index is -1.47. The minimum absolute atomic E-state index is 0. The molecule has 0 aliphatic carbocycles. The number of anilines is 1. The van der Waals surface area contributed by atoms with Gasteiger partial charge in [0.25, 0.3) is 23.3 Å². The third kappa shape index (κ3) is 18.8. The van der Waals surface area contributed by atoms with Gasteiger partial charge in [-0.15, -0.1) is 6.54 Å². The number of hydrogen-bond donors (Lipinski definition) is 6. The van der Waals surface area contributed by atoms with Gasteiger partial charge in [0.15, 0.2) is 18.4 Å². The zero-order chi connectivity index (χ0) is 60.1. The van der Waals surface area contributed by atoms with Crippen molar-refractivity contribution in [3.63, 3.8) is 0 Å². The Morgan fingerprint density at radius 3 is 2.21 bits per heavy atom. The van der Waals surface area contributed by atoms with Crippen molar-refractivity contribution < 1.29 is 100 Å². The summed E-state index contributed by atoms with van der Waals surface area (Å²) in [6.07, 6.45) is 4.18. The number of aryl methyl sites for hydroxylation is 1. The molecule has 2 aromatic heterocycles. The van der Waals surface area contributed by atoms with Crippen molar-refractivity contribution in [1.82, 2.24) is 30.0 Å². The van der Waals surface area contributed by atoms with Crippen molar-refractivity contribution in [2.24, 2.45) is 11.7 Å². The summed E-state index contributed by atoms with van der Waals surface area (Å²) in [6.45, 7) is 13.8. The Bertz CT molecular complexity index is 2980. The summed E-state index contributed by atoms with van der Waals surface area (Å²) in [4.78, 5) is 120. The Balaban J connectivity index is 0.000000393. The molecule has 7 rings (SSSR count). The van der Waals surface area contributed by atoms with Gasteiger partial charge in [-0.2, -0.15) is 7.05 Å². The Morgan fingerprint density at radius 1 is 0.951 bits per heavy atom. The first-order chi connectivity index (χ1) is 38.5. The predicted molar refractivity (Wildman–Crippen MR) is 302 cm³/mol. The molecule has 82 heavy (non-hydrogen) atoms. The van der Waals surface area contributed by atoms with E-state index in [-0.39, 0.29) is 110 Å². The van der Waals surface area contributed by atoms with E-state index in [0.717, 1.165) is 28.5 Å². The third-order valence-corrected chi connectivity index (χ3v) is 13.2. The number of primary amides is 1. The number of carbonyl (C=O) groups excluding carboxylic acids is 8. The van der Waals surface area contributed by atoms with Crippen LogP contribution in [0, 0.1) is 5.92 Å². The molecule has 0 saturated carbocycles. The molecule has 0 fully saturated rings. The van der Waals surface area contributed by atoms with E-state index in [1.165, 1.54) is 22.0 Å². The summed E-state index contributed by atoms with van der Waals surface area (Å²) in [5.41, 5.74) is 10.2. The molecular formula is C57H78N10O14Y. The topological polar surface area (TPSA) is 322 Å². The van der Waals surface area contributed by atoms with E-state index in [1.54, 1.807) is 81.3 Å². The van der Waals surface area contributed by atoms with Gasteiger partial charge >= 0.3 is 24.0 Å². The molecule has 8 amide bonds. The fourth-order valence-electron chi connectivity index (χ4n) is 8.83. The number of quaternary nitrogens is 1. The largest absolute Gasteiger partial charge is 0.664 e. The van der Waals surface area contributed by atoms with Crippen molar-refractivity contribution in [2.45, 2.75) is 112 Å². The van der Waals surface area contributed by atoms with Gasteiger partial charge in [-0.25, -0.2) is 29.4 Å². The number of nitrogens with two attached hydrogens (primary N) is 1. The van der Waals surface area contributed by atoms with Crippen LogP contribution < -0.4 is 32.1 Å². The summed E-state index contributed by atoms with van der Waals surface area (Å²) in [5, 5.41) is 32.0. The molecule has 0 saturated heterocycles. The number of aliphatic hydroxyl groups excluding tert-OH is 1. The molecular weight excluding hydrogens is 1140 g/mol. The first kappa shape index (κ1) is 69.3. The third-order valence-electron chi connectivity index (χ3n) is 13.2. The first-order valence-electron chi connectivity index (χ1n) is 27.0. The first-order valence-corrected chi connectivity index (χ1v) is 27.0.